The molecular formula is C45H46Cl2O11. The smallest absolute Gasteiger partial charge is 0.352 e. The first-order valence-corrected chi connectivity index (χ1v) is 19.8. The summed E-state index contributed by atoms with van der Waals surface area (Å²) in [6, 6.07) is 18.9. The molecule has 0 spiro atoms. The predicted octanol–water partition coefficient (Wildman–Crippen LogP) is 8.39. The first-order valence-electron chi connectivity index (χ1n) is 19.0. The number of carbonyl (C=O) groups is 5. The number of fused-ring (bicyclic) bond motifs is 3. The van der Waals surface area contributed by atoms with Crippen LogP contribution in [0.15, 0.2) is 78.9 Å². The van der Waals surface area contributed by atoms with E-state index in [2.05, 4.69) is 11.8 Å². The molecule has 58 heavy (non-hydrogen) atoms. The SMILES string of the molecule is CC#CC[C@H](C)[C@@H](/C=C/[C@@H]1[C@H]2c3cccc(CCCC(=O)OC)c3O[C@H]2C[C@H]1OC(=O)C(OC(C)=O)c1ccccc1Cl)OC(=O)C(OC(C)=O)c1ccccc1Cl. The van der Waals surface area contributed by atoms with Gasteiger partial charge in [0.25, 0.3) is 0 Å². The first kappa shape index (κ1) is 43.8. The zero-order valence-electron chi connectivity index (χ0n) is 32.9. The average molecular weight is 834 g/mol. The largest absolute Gasteiger partial charge is 0.489 e. The van der Waals surface area contributed by atoms with Gasteiger partial charge in [-0.1, -0.05) is 90.8 Å². The molecule has 0 amide bonds. The number of benzene rings is 3. The van der Waals surface area contributed by atoms with Gasteiger partial charge in [-0.3, -0.25) is 14.4 Å². The maximum atomic E-state index is 14.0. The third-order valence-corrected chi connectivity index (χ3v) is 10.8. The first-order chi connectivity index (χ1) is 27.8. The van der Waals surface area contributed by atoms with E-state index in [0.717, 1.165) is 11.1 Å². The summed E-state index contributed by atoms with van der Waals surface area (Å²) < 4.78 is 34.6. The van der Waals surface area contributed by atoms with Crippen molar-refractivity contribution in [2.24, 2.45) is 11.8 Å². The summed E-state index contributed by atoms with van der Waals surface area (Å²) in [5.41, 5.74) is 2.35. The van der Waals surface area contributed by atoms with Gasteiger partial charge in [0.1, 0.15) is 24.1 Å². The van der Waals surface area contributed by atoms with Crippen LogP contribution in [0.2, 0.25) is 10.0 Å². The van der Waals surface area contributed by atoms with E-state index in [-0.39, 0.29) is 51.8 Å². The number of para-hydroxylation sites is 1. The molecule has 2 unspecified atom stereocenters. The molecule has 2 aliphatic rings. The van der Waals surface area contributed by atoms with Crippen LogP contribution in [-0.2, 0) is 54.1 Å². The van der Waals surface area contributed by atoms with Gasteiger partial charge in [0.05, 0.1) is 7.11 Å². The lowest BCUT2D eigenvalue weighted by molar-refractivity contribution is -0.172. The predicted molar refractivity (Wildman–Crippen MR) is 215 cm³/mol. The molecule has 0 N–H and O–H groups in total. The highest BCUT2D eigenvalue weighted by molar-refractivity contribution is 6.32. The zero-order chi connectivity index (χ0) is 41.9. The van der Waals surface area contributed by atoms with Crippen LogP contribution < -0.4 is 4.74 Å². The van der Waals surface area contributed by atoms with Gasteiger partial charge in [0, 0.05) is 77.6 Å². The maximum absolute atomic E-state index is 14.0. The Morgan fingerprint density at radius 2 is 1.48 bits per heavy atom. The van der Waals surface area contributed by atoms with E-state index < -0.39 is 60.3 Å². The quantitative estimate of drug-likeness (QED) is 0.0595. The normalized spacial score (nSPS) is 19.8. The van der Waals surface area contributed by atoms with E-state index in [9.17, 15) is 24.0 Å². The molecule has 3 aromatic rings. The van der Waals surface area contributed by atoms with Crippen LogP contribution in [0.5, 0.6) is 5.75 Å². The van der Waals surface area contributed by atoms with Crippen molar-refractivity contribution < 1.29 is 52.4 Å². The molecule has 0 radical (unpaired) electrons. The summed E-state index contributed by atoms with van der Waals surface area (Å²) >= 11 is 12.9. The second-order valence-electron chi connectivity index (χ2n) is 14.2. The van der Waals surface area contributed by atoms with Crippen LogP contribution in [0.3, 0.4) is 0 Å². The van der Waals surface area contributed by atoms with E-state index in [1.165, 1.54) is 21.0 Å². The number of ether oxygens (including phenoxy) is 6. The molecular weight excluding hydrogens is 787 g/mol. The highest BCUT2D eigenvalue weighted by Gasteiger charge is 2.52. The molecule has 1 fully saturated rings. The summed E-state index contributed by atoms with van der Waals surface area (Å²) in [5, 5.41) is 0.442. The Hall–Kier alpha value is -5.31. The molecule has 1 aliphatic heterocycles. The lowest BCUT2D eigenvalue weighted by atomic mass is 9.85. The fourth-order valence-electron chi connectivity index (χ4n) is 7.35. The van der Waals surface area contributed by atoms with Crippen LogP contribution in [0.1, 0.15) is 93.8 Å². The summed E-state index contributed by atoms with van der Waals surface area (Å²) in [6.45, 7) is 5.97. The fraction of sp³-hybridized carbons (Fsp3) is 0.400. The Bertz CT molecular complexity index is 2090. The second kappa shape index (κ2) is 20.4. The Kier molecular flexibility index (Phi) is 15.4. The number of hydrogen-bond donors (Lipinski definition) is 0. The van der Waals surface area contributed by atoms with Gasteiger partial charge in [-0.05, 0) is 43.5 Å². The monoisotopic (exact) mass is 832 g/mol. The minimum Gasteiger partial charge on any atom is -0.489 e. The summed E-state index contributed by atoms with van der Waals surface area (Å²) in [6.07, 6.45) is 0.646. The van der Waals surface area contributed by atoms with Crippen LogP contribution in [0.4, 0.5) is 0 Å². The second-order valence-corrected chi connectivity index (χ2v) is 15.0. The van der Waals surface area contributed by atoms with Crippen LogP contribution in [0, 0.1) is 23.7 Å². The molecule has 0 aromatic heterocycles. The Labute approximate surface area is 348 Å². The lowest BCUT2D eigenvalue weighted by Gasteiger charge is -2.26. The Morgan fingerprint density at radius 3 is 2.07 bits per heavy atom. The zero-order valence-corrected chi connectivity index (χ0v) is 34.4. The van der Waals surface area contributed by atoms with E-state index in [0.29, 0.717) is 25.0 Å². The third kappa shape index (κ3) is 10.8. The van der Waals surface area contributed by atoms with Crippen molar-refractivity contribution in [3.05, 3.63) is 111 Å². The van der Waals surface area contributed by atoms with E-state index in [1.807, 2.05) is 31.2 Å². The van der Waals surface area contributed by atoms with Crippen LogP contribution in [0.25, 0.3) is 0 Å². The third-order valence-electron chi connectivity index (χ3n) is 10.1. The molecule has 5 rings (SSSR count). The highest BCUT2D eigenvalue weighted by Crippen LogP contribution is 2.53. The number of carbonyl (C=O) groups excluding carboxylic acids is 5. The standard InChI is InChI=1S/C45H46Cl2O11/c1-6-7-14-26(2)36(57-44(51)42(54-27(3)48)30-17-8-10-20-34(30)46)24-23-32-37(58-45(52)43(55-28(4)49)31-18-9-11-21-35(31)47)25-38-40(32)33-19-12-15-29(41(33)56-38)16-13-22-39(50)53-5/h8-12,15,17-21,23-24,26,32,36-38,40,42-43H,13-14,16,22,25H2,1-5H3/b24-23+/t26-,32-,36+,37+,38-,40-,42?,43?/m0/s1. The van der Waals surface area contributed by atoms with Crippen molar-refractivity contribution in [2.45, 2.75) is 96.2 Å². The molecule has 1 aliphatic carbocycles. The number of methoxy groups -OCH3 is 1. The van der Waals surface area contributed by atoms with Gasteiger partial charge in [0.15, 0.2) is 0 Å². The summed E-state index contributed by atoms with van der Waals surface area (Å²) in [7, 11) is 1.35. The van der Waals surface area contributed by atoms with E-state index in [1.54, 1.807) is 61.5 Å². The molecule has 1 saturated carbocycles. The average Bonchev–Trinajstić information content (AvgIpc) is 3.72. The van der Waals surface area contributed by atoms with Gasteiger partial charge in [-0.2, -0.15) is 0 Å². The topological polar surface area (TPSA) is 141 Å². The molecule has 1 heterocycles. The number of esters is 5. The number of aryl methyl sites for hydroxylation is 1. The van der Waals surface area contributed by atoms with Crippen molar-refractivity contribution >= 4 is 53.0 Å². The minimum absolute atomic E-state index is 0.220. The summed E-state index contributed by atoms with van der Waals surface area (Å²) in [5.74, 6) is 2.11. The number of halogens is 2. The minimum atomic E-state index is -1.44. The van der Waals surface area contributed by atoms with Crippen molar-refractivity contribution in [1.29, 1.82) is 0 Å². The number of rotatable bonds is 16. The lowest BCUT2D eigenvalue weighted by Crippen LogP contribution is -2.30. The molecule has 3 aromatic carbocycles. The molecule has 13 heteroatoms. The van der Waals surface area contributed by atoms with Crippen molar-refractivity contribution in [3.8, 4) is 17.6 Å². The van der Waals surface area contributed by atoms with Gasteiger partial charge in [-0.15, -0.1) is 11.8 Å². The molecule has 11 nitrogen and oxygen atoms in total. The maximum Gasteiger partial charge on any atom is 0.352 e. The molecule has 0 saturated heterocycles. The molecule has 306 valence electrons. The van der Waals surface area contributed by atoms with Crippen molar-refractivity contribution in [1.82, 2.24) is 0 Å². The number of hydrogen-bond acceptors (Lipinski definition) is 11. The van der Waals surface area contributed by atoms with Crippen LogP contribution >= 0.6 is 23.2 Å². The summed E-state index contributed by atoms with van der Waals surface area (Å²) in [4.78, 5) is 64.1. The molecule has 8 atom stereocenters. The van der Waals surface area contributed by atoms with E-state index in [4.69, 9.17) is 51.6 Å². The van der Waals surface area contributed by atoms with Crippen molar-refractivity contribution in [3.63, 3.8) is 0 Å². The fourth-order valence-corrected chi connectivity index (χ4v) is 7.82. The van der Waals surface area contributed by atoms with Gasteiger partial charge < -0.3 is 28.4 Å². The van der Waals surface area contributed by atoms with Gasteiger partial charge >= 0.3 is 29.8 Å². The van der Waals surface area contributed by atoms with E-state index >= 15 is 0 Å². The Morgan fingerprint density at radius 1 is 0.862 bits per heavy atom. The molecule has 0 bridgehead atoms. The van der Waals surface area contributed by atoms with Crippen molar-refractivity contribution in [2.75, 3.05) is 7.11 Å². The Balaban J connectivity index is 1.52. The highest BCUT2D eigenvalue weighted by atomic mass is 35.5. The van der Waals surface area contributed by atoms with Gasteiger partial charge in [0.2, 0.25) is 12.2 Å². The van der Waals surface area contributed by atoms with Gasteiger partial charge in [-0.25, -0.2) is 9.59 Å². The van der Waals surface area contributed by atoms with Crippen LogP contribution in [-0.4, -0.2) is 55.3 Å².